The number of benzene rings is 1. The zero-order valence-corrected chi connectivity index (χ0v) is 17.3. The number of alkyl halides is 3. The van der Waals surface area contributed by atoms with E-state index in [9.17, 15) is 18.0 Å². The summed E-state index contributed by atoms with van der Waals surface area (Å²) in [5.41, 5.74) is 0.338. The van der Waals surface area contributed by atoms with Crippen molar-refractivity contribution in [3.8, 4) is 5.88 Å². The number of amides is 1. The Morgan fingerprint density at radius 2 is 1.97 bits per heavy atom. The molecule has 1 aromatic carbocycles. The molecule has 2 aromatic heterocycles. The van der Waals surface area contributed by atoms with Gasteiger partial charge in [-0.1, -0.05) is 23.7 Å². The summed E-state index contributed by atoms with van der Waals surface area (Å²) < 4.78 is 47.3. The van der Waals surface area contributed by atoms with Crippen LogP contribution in [0.15, 0.2) is 30.3 Å². The maximum Gasteiger partial charge on any atom is 0.417 e. The van der Waals surface area contributed by atoms with Gasteiger partial charge in [-0.2, -0.15) is 23.3 Å². The molecule has 0 unspecified atom stereocenters. The van der Waals surface area contributed by atoms with Crippen molar-refractivity contribution in [1.29, 1.82) is 0 Å². The van der Waals surface area contributed by atoms with E-state index in [-0.39, 0.29) is 22.6 Å². The SMILES string of the molecule is Cc1nn(C)c2nc(O[C@@H](C)C(=O)NCCc3ccc(Cl)cc3)cc(C(F)(F)F)c12. The first-order chi connectivity index (χ1) is 14.1. The van der Waals surface area contributed by atoms with Gasteiger partial charge in [0.2, 0.25) is 5.88 Å². The molecule has 6 nitrogen and oxygen atoms in total. The summed E-state index contributed by atoms with van der Waals surface area (Å²) in [5.74, 6) is -0.751. The topological polar surface area (TPSA) is 69.0 Å². The van der Waals surface area contributed by atoms with Crippen LogP contribution in [-0.2, 0) is 24.4 Å². The van der Waals surface area contributed by atoms with Gasteiger partial charge in [0.15, 0.2) is 11.8 Å². The largest absolute Gasteiger partial charge is 0.464 e. The van der Waals surface area contributed by atoms with Gasteiger partial charge < -0.3 is 10.1 Å². The van der Waals surface area contributed by atoms with Crippen LogP contribution in [0.3, 0.4) is 0 Å². The first-order valence-corrected chi connectivity index (χ1v) is 9.54. The number of nitrogens with zero attached hydrogens (tertiary/aromatic N) is 3. The molecule has 1 atom stereocenters. The van der Waals surface area contributed by atoms with Crippen molar-refractivity contribution in [3.63, 3.8) is 0 Å². The predicted octanol–water partition coefficient (Wildman–Crippen LogP) is 4.08. The number of aromatic nitrogens is 3. The average Bonchev–Trinajstić information content (AvgIpc) is 2.95. The number of hydrogen-bond acceptors (Lipinski definition) is 4. The van der Waals surface area contributed by atoms with Gasteiger partial charge >= 0.3 is 6.18 Å². The van der Waals surface area contributed by atoms with Gasteiger partial charge in [-0.3, -0.25) is 9.48 Å². The molecule has 1 N–H and O–H groups in total. The Kier molecular flexibility index (Phi) is 6.21. The van der Waals surface area contributed by atoms with Gasteiger partial charge in [0.05, 0.1) is 16.6 Å². The third-order valence-electron chi connectivity index (χ3n) is 4.54. The Bertz CT molecular complexity index is 1060. The van der Waals surface area contributed by atoms with Crippen LogP contribution >= 0.6 is 11.6 Å². The van der Waals surface area contributed by atoms with Crippen LogP contribution in [0.2, 0.25) is 5.02 Å². The minimum atomic E-state index is -4.61. The molecule has 0 spiro atoms. The molecule has 30 heavy (non-hydrogen) atoms. The lowest BCUT2D eigenvalue weighted by Crippen LogP contribution is -2.37. The number of rotatable bonds is 6. The van der Waals surface area contributed by atoms with Gasteiger partial charge in [-0.25, -0.2) is 0 Å². The summed E-state index contributed by atoms with van der Waals surface area (Å²) in [6.45, 7) is 3.27. The van der Waals surface area contributed by atoms with E-state index in [0.717, 1.165) is 11.6 Å². The second-order valence-electron chi connectivity index (χ2n) is 6.84. The summed E-state index contributed by atoms with van der Waals surface area (Å²) in [7, 11) is 1.50. The van der Waals surface area contributed by atoms with Gasteiger partial charge in [0.1, 0.15) is 0 Å². The number of ether oxygens (including phenoxy) is 1. The van der Waals surface area contributed by atoms with Crippen LogP contribution in [0, 0.1) is 6.92 Å². The molecular formula is C20H20ClF3N4O2. The van der Waals surface area contributed by atoms with Crippen molar-refractivity contribution in [2.75, 3.05) is 6.54 Å². The molecule has 3 rings (SSSR count). The number of carbonyl (C=O) groups excluding carboxylic acids is 1. The number of nitrogens with one attached hydrogen (secondary N) is 1. The number of hydrogen-bond donors (Lipinski definition) is 1. The molecule has 0 aliphatic carbocycles. The van der Waals surface area contributed by atoms with Crippen LogP contribution in [0.25, 0.3) is 11.0 Å². The van der Waals surface area contributed by atoms with Crippen LogP contribution in [0.4, 0.5) is 13.2 Å². The van der Waals surface area contributed by atoms with E-state index in [1.165, 1.54) is 25.6 Å². The first-order valence-electron chi connectivity index (χ1n) is 9.16. The monoisotopic (exact) mass is 440 g/mol. The fourth-order valence-corrected chi connectivity index (χ4v) is 3.19. The number of fused-ring (bicyclic) bond motifs is 1. The van der Waals surface area contributed by atoms with Gasteiger partial charge in [0, 0.05) is 24.7 Å². The second kappa shape index (κ2) is 8.51. The lowest BCUT2D eigenvalue weighted by Gasteiger charge is -2.16. The Balaban J connectivity index is 1.71. The standard InChI is InChI=1S/C20H20ClF3N4O2/c1-11-17-15(20(22,23)24)10-16(26-18(17)28(3)27-11)30-12(2)19(29)25-9-8-13-4-6-14(21)7-5-13/h4-7,10,12H,8-9H2,1-3H3,(H,25,29)/t12-/m0/s1. The van der Waals surface area contributed by atoms with E-state index in [0.29, 0.717) is 18.0 Å². The number of halogens is 4. The van der Waals surface area contributed by atoms with E-state index in [4.69, 9.17) is 16.3 Å². The van der Waals surface area contributed by atoms with Crippen LogP contribution in [-0.4, -0.2) is 33.3 Å². The van der Waals surface area contributed by atoms with Crippen LogP contribution in [0.1, 0.15) is 23.7 Å². The smallest absolute Gasteiger partial charge is 0.417 e. The molecule has 2 heterocycles. The zero-order valence-electron chi connectivity index (χ0n) is 16.5. The van der Waals surface area contributed by atoms with Crippen molar-refractivity contribution in [2.24, 2.45) is 7.05 Å². The van der Waals surface area contributed by atoms with E-state index in [2.05, 4.69) is 15.4 Å². The Morgan fingerprint density at radius 3 is 2.60 bits per heavy atom. The minimum Gasteiger partial charge on any atom is -0.464 e. The summed E-state index contributed by atoms with van der Waals surface area (Å²) in [6, 6.07) is 8.01. The molecule has 0 saturated carbocycles. The van der Waals surface area contributed by atoms with Gasteiger partial charge in [-0.15, -0.1) is 0 Å². The zero-order chi connectivity index (χ0) is 22.1. The fourth-order valence-electron chi connectivity index (χ4n) is 3.07. The number of carbonyl (C=O) groups is 1. The maximum atomic E-state index is 13.5. The summed E-state index contributed by atoms with van der Waals surface area (Å²) in [6.07, 6.45) is -5.07. The molecular weight excluding hydrogens is 421 g/mol. The van der Waals surface area contributed by atoms with Crippen molar-refractivity contribution in [3.05, 3.63) is 52.2 Å². The van der Waals surface area contributed by atoms with E-state index < -0.39 is 23.8 Å². The molecule has 0 aliphatic heterocycles. The highest BCUT2D eigenvalue weighted by Gasteiger charge is 2.36. The summed E-state index contributed by atoms with van der Waals surface area (Å²) >= 11 is 5.83. The molecule has 0 aliphatic rings. The Hall–Kier alpha value is -2.81. The Labute approximate surface area is 176 Å². The van der Waals surface area contributed by atoms with E-state index in [1.54, 1.807) is 12.1 Å². The maximum absolute atomic E-state index is 13.5. The quantitative estimate of drug-likeness (QED) is 0.627. The highest BCUT2D eigenvalue weighted by atomic mass is 35.5. The number of aryl methyl sites for hydroxylation is 2. The number of pyridine rings is 1. The molecule has 3 aromatic rings. The normalized spacial score (nSPS) is 12.8. The molecule has 0 saturated heterocycles. The van der Waals surface area contributed by atoms with Crippen LogP contribution < -0.4 is 10.1 Å². The summed E-state index contributed by atoms with van der Waals surface area (Å²) in [5, 5.41) is 7.24. The predicted molar refractivity (Wildman–Crippen MR) is 107 cm³/mol. The minimum absolute atomic E-state index is 0.0349. The van der Waals surface area contributed by atoms with Crippen molar-refractivity contribution in [2.45, 2.75) is 32.5 Å². The highest BCUT2D eigenvalue weighted by molar-refractivity contribution is 6.30. The van der Waals surface area contributed by atoms with Crippen molar-refractivity contribution < 1.29 is 22.7 Å². The van der Waals surface area contributed by atoms with Crippen molar-refractivity contribution in [1.82, 2.24) is 20.1 Å². The van der Waals surface area contributed by atoms with Crippen LogP contribution in [0.5, 0.6) is 5.88 Å². The molecule has 0 radical (unpaired) electrons. The third-order valence-corrected chi connectivity index (χ3v) is 4.80. The highest BCUT2D eigenvalue weighted by Crippen LogP contribution is 2.37. The molecule has 0 fully saturated rings. The lowest BCUT2D eigenvalue weighted by molar-refractivity contribution is -0.136. The summed E-state index contributed by atoms with van der Waals surface area (Å²) in [4.78, 5) is 16.4. The van der Waals surface area contributed by atoms with E-state index in [1.807, 2.05) is 12.1 Å². The van der Waals surface area contributed by atoms with Gasteiger partial charge in [-0.05, 0) is 38.0 Å². The fraction of sp³-hybridized carbons (Fsp3) is 0.350. The molecule has 0 bridgehead atoms. The van der Waals surface area contributed by atoms with Gasteiger partial charge in [0.25, 0.3) is 5.91 Å². The molecule has 1 amide bonds. The molecule has 10 heteroatoms. The Morgan fingerprint density at radius 1 is 1.30 bits per heavy atom. The van der Waals surface area contributed by atoms with E-state index >= 15 is 0 Å². The lowest BCUT2D eigenvalue weighted by atomic mass is 10.1. The van der Waals surface area contributed by atoms with Crippen molar-refractivity contribution >= 4 is 28.5 Å². The average molecular weight is 441 g/mol. The first kappa shape index (κ1) is 21.9. The second-order valence-corrected chi connectivity index (χ2v) is 7.28. The molecule has 160 valence electrons. The third kappa shape index (κ3) is 4.84.